The highest BCUT2D eigenvalue weighted by molar-refractivity contribution is 6.29. The molecule has 2 rings (SSSR count). The van der Waals surface area contributed by atoms with Crippen LogP contribution in [0.15, 0.2) is 18.3 Å². The molecule has 90 valence electrons. The van der Waals surface area contributed by atoms with Crippen LogP contribution in [0.1, 0.15) is 23.2 Å². The van der Waals surface area contributed by atoms with Crippen LogP contribution in [-0.4, -0.2) is 29.5 Å². The van der Waals surface area contributed by atoms with Gasteiger partial charge >= 0.3 is 5.97 Å². The Kier molecular flexibility index (Phi) is 3.58. The zero-order valence-electron chi connectivity index (χ0n) is 8.98. The number of nitrogens with one attached hydrogen (secondary N) is 1. The second kappa shape index (κ2) is 5.14. The molecule has 0 aliphatic heterocycles. The molecule has 1 aliphatic carbocycles. The molecule has 0 atom stereocenters. The molecule has 1 aliphatic rings. The van der Waals surface area contributed by atoms with Gasteiger partial charge in [-0.2, -0.15) is 0 Å². The van der Waals surface area contributed by atoms with Crippen LogP contribution in [0.5, 0.6) is 0 Å². The van der Waals surface area contributed by atoms with Crippen molar-refractivity contribution in [3.05, 3.63) is 29.0 Å². The summed E-state index contributed by atoms with van der Waals surface area (Å²) in [4.78, 5) is 26.5. The van der Waals surface area contributed by atoms with Crippen molar-refractivity contribution in [2.45, 2.75) is 18.9 Å². The molecule has 1 N–H and O–H groups in total. The zero-order valence-corrected chi connectivity index (χ0v) is 9.74. The Bertz CT molecular complexity index is 446. The van der Waals surface area contributed by atoms with Crippen molar-refractivity contribution >= 4 is 23.5 Å². The number of ether oxygens (including phenoxy) is 1. The summed E-state index contributed by atoms with van der Waals surface area (Å²) in [5.41, 5.74) is 0.282. The maximum absolute atomic E-state index is 11.5. The number of rotatable bonds is 4. The normalized spacial score (nSPS) is 14.2. The molecule has 0 unspecified atom stereocenters. The van der Waals surface area contributed by atoms with E-state index in [-0.39, 0.29) is 29.3 Å². The predicted molar refractivity (Wildman–Crippen MR) is 60.7 cm³/mol. The van der Waals surface area contributed by atoms with Crippen LogP contribution in [0.4, 0.5) is 0 Å². The first-order valence-electron chi connectivity index (χ1n) is 5.23. The largest absolute Gasteiger partial charge is 0.452 e. The quantitative estimate of drug-likeness (QED) is 0.647. The summed E-state index contributed by atoms with van der Waals surface area (Å²) < 4.78 is 4.84. The lowest BCUT2D eigenvalue weighted by molar-refractivity contribution is -0.124. The van der Waals surface area contributed by atoms with E-state index in [0.717, 1.165) is 12.8 Å². The molecule has 1 aromatic rings. The molecule has 1 fully saturated rings. The third-order valence-corrected chi connectivity index (χ3v) is 2.45. The van der Waals surface area contributed by atoms with Crippen molar-refractivity contribution in [1.82, 2.24) is 10.3 Å². The van der Waals surface area contributed by atoms with Gasteiger partial charge in [0.05, 0.1) is 5.56 Å². The number of hydrogen-bond acceptors (Lipinski definition) is 4. The summed E-state index contributed by atoms with van der Waals surface area (Å²) in [6, 6.07) is 3.13. The van der Waals surface area contributed by atoms with Gasteiger partial charge in [-0.05, 0) is 25.0 Å². The van der Waals surface area contributed by atoms with Crippen molar-refractivity contribution in [2.75, 3.05) is 6.61 Å². The number of aromatic nitrogens is 1. The molecule has 6 heteroatoms. The van der Waals surface area contributed by atoms with Gasteiger partial charge < -0.3 is 10.1 Å². The molecule has 0 bridgehead atoms. The molecule has 1 saturated carbocycles. The lowest BCUT2D eigenvalue weighted by Gasteiger charge is -2.05. The van der Waals surface area contributed by atoms with Crippen molar-refractivity contribution in [1.29, 1.82) is 0 Å². The maximum Gasteiger partial charge on any atom is 0.338 e. The molecule has 1 heterocycles. The average molecular weight is 255 g/mol. The summed E-state index contributed by atoms with van der Waals surface area (Å²) in [7, 11) is 0. The molecule has 0 aromatic carbocycles. The number of pyridine rings is 1. The van der Waals surface area contributed by atoms with E-state index in [9.17, 15) is 9.59 Å². The van der Waals surface area contributed by atoms with Gasteiger partial charge in [0.25, 0.3) is 5.91 Å². The van der Waals surface area contributed by atoms with Crippen LogP contribution < -0.4 is 5.32 Å². The van der Waals surface area contributed by atoms with Crippen molar-refractivity contribution in [3.8, 4) is 0 Å². The molecule has 5 nitrogen and oxygen atoms in total. The van der Waals surface area contributed by atoms with E-state index in [1.165, 1.54) is 18.3 Å². The van der Waals surface area contributed by atoms with Crippen molar-refractivity contribution in [2.24, 2.45) is 0 Å². The van der Waals surface area contributed by atoms with E-state index in [2.05, 4.69) is 10.3 Å². The second-order valence-corrected chi connectivity index (χ2v) is 4.17. The van der Waals surface area contributed by atoms with Gasteiger partial charge in [0.1, 0.15) is 5.15 Å². The predicted octanol–water partition coefficient (Wildman–Crippen LogP) is 1.17. The first-order chi connectivity index (χ1) is 8.15. The summed E-state index contributed by atoms with van der Waals surface area (Å²) in [5, 5.41) is 2.93. The molecule has 0 spiro atoms. The Morgan fingerprint density at radius 3 is 2.94 bits per heavy atom. The monoisotopic (exact) mass is 254 g/mol. The number of carbonyl (C=O) groups excluding carboxylic acids is 2. The number of nitrogens with zero attached hydrogens (tertiary/aromatic N) is 1. The summed E-state index contributed by atoms with van der Waals surface area (Å²) >= 11 is 5.63. The average Bonchev–Trinajstić information content (AvgIpc) is 3.10. The fourth-order valence-corrected chi connectivity index (χ4v) is 1.41. The molecule has 0 radical (unpaired) electrons. The molecular formula is C11H11ClN2O3. The topological polar surface area (TPSA) is 68.3 Å². The maximum atomic E-state index is 11.5. The minimum absolute atomic E-state index is 0.210. The Labute approximate surface area is 103 Å². The highest BCUT2D eigenvalue weighted by atomic mass is 35.5. The summed E-state index contributed by atoms with van der Waals surface area (Å²) in [6.07, 6.45) is 3.41. The molecule has 0 saturated heterocycles. The molecular weight excluding hydrogens is 244 g/mol. The van der Waals surface area contributed by atoms with Crippen LogP contribution >= 0.6 is 11.6 Å². The summed E-state index contributed by atoms with van der Waals surface area (Å²) in [5.74, 6) is -0.860. The van der Waals surface area contributed by atoms with E-state index in [1.54, 1.807) is 0 Å². The first-order valence-corrected chi connectivity index (χ1v) is 5.61. The number of halogens is 1. The van der Waals surface area contributed by atoms with Crippen LogP contribution in [0, 0.1) is 0 Å². The van der Waals surface area contributed by atoms with Gasteiger partial charge in [-0.3, -0.25) is 4.79 Å². The Morgan fingerprint density at radius 1 is 1.53 bits per heavy atom. The fourth-order valence-electron chi connectivity index (χ4n) is 1.24. The van der Waals surface area contributed by atoms with Gasteiger partial charge in [0, 0.05) is 12.2 Å². The van der Waals surface area contributed by atoms with Gasteiger partial charge in [-0.25, -0.2) is 9.78 Å². The van der Waals surface area contributed by atoms with E-state index < -0.39 is 5.97 Å². The molecule has 1 aromatic heterocycles. The number of carbonyl (C=O) groups is 2. The third kappa shape index (κ3) is 3.71. The van der Waals surface area contributed by atoms with E-state index in [4.69, 9.17) is 16.3 Å². The third-order valence-electron chi connectivity index (χ3n) is 2.24. The van der Waals surface area contributed by atoms with E-state index in [0.29, 0.717) is 0 Å². The van der Waals surface area contributed by atoms with Crippen LogP contribution in [-0.2, 0) is 9.53 Å². The van der Waals surface area contributed by atoms with Gasteiger partial charge in [-0.15, -0.1) is 0 Å². The fraction of sp³-hybridized carbons (Fsp3) is 0.364. The van der Waals surface area contributed by atoms with Gasteiger partial charge in [0.15, 0.2) is 6.61 Å². The first kappa shape index (κ1) is 11.9. The van der Waals surface area contributed by atoms with Gasteiger partial charge in [0.2, 0.25) is 0 Å². The lowest BCUT2D eigenvalue weighted by Crippen LogP contribution is -2.30. The van der Waals surface area contributed by atoms with E-state index >= 15 is 0 Å². The van der Waals surface area contributed by atoms with Crippen molar-refractivity contribution in [3.63, 3.8) is 0 Å². The number of esters is 1. The smallest absolute Gasteiger partial charge is 0.338 e. The zero-order chi connectivity index (χ0) is 12.3. The minimum Gasteiger partial charge on any atom is -0.452 e. The second-order valence-electron chi connectivity index (χ2n) is 3.79. The summed E-state index contributed by atoms with van der Waals surface area (Å²) in [6.45, 7) is -0.269. The number of hydrogen-bond donors (Lipinski definition) is 1. The molecule has 17 heavy (non-hydrogen) atoms. The van der Waals surface area contributed by atoms with Crippen LogP contribution in [0.2, 0.25) is 5.15 Å². The van der Waals surface area contributed by atoms with Gasteiger partial charge in [-0.1, -0.05) is 11.6 Å². The highest BCUT2D eigenvalue weighted by Gasteiger charge is 2.23. The highest BCUT2D eigenvalue weighted by Crippen LogP contribution is 2.18. The minimum atomic E-state index is -0.583. The van der Waals surface area contributed by atoms with Crippen LogP contribution in [0.3, 0.4) is 0 Å². The molecule has 1 amide bonds. The Hall–Kier alpha value is -1.62. The Balaban J connectivity index is 1.82. The standard InChI is InChI=1S/C11H11ClN2O3/c12-9-5-7(3-4-13-9)11(16)17-6-10(15)14-8-1-2-8/h3-5,8H,1-2,6H2,(H,14,15). The lowest BCUT2D eigenvalue weighted by atomic mass is 10.3. The Morgan fingerprint density at radius 2 is 2.29 bits per heavy atom. The van der Waals surface area contributed by atoms with E-state index in [1.807, 2.05) is 0 Å². The SMILES string of the molecule is O=C(COC(=O)c1ccnc(Cl)c1)NC1CC1. The number of amides is 1. The van der Waals surface area contributed by atoms with Crippen LogP contribution in [0.25, 0.3) is 0 Å². The van der Waals surface area contributed by atoms with Crippen molar-refractivity contribution < 1.29 is 14.3 Å².